The van der Waals surface area contributed by atoms with Crippen molar-refractivity contribution in [3.63, 3.8) is 0 Å². The topological polar surface area (TPSA) is 111 Å². The second-order valence-corrected chi connectivity index (χ2v) is 6.93. The molecule has 1 aromatic carbocycles. The van der Waals surface area contributed by atoms with Crippen LogP contribution in [-0.2, 0) is 6.54 Å². The number of H-pyrrole nitrogens is 1. The summed E-state index contributed by atoms with van der Waals surface area (Å²) in [6, 6.07) is 6.95. The van der Waals surface area contributed by atoms with Gasteiger partial charge in [-0.3, -0.25) is 5.10 Å². The Kier molecular flexibility index (Phi) is 4.68. The van der Waals surface area contributed by atoms with Crippen LogP contribution in [0.2, 0.25) is 0 Å². The van der Waals surface area contributed by atoms with Gasteiger partial charge in [0.25, 0.3) is 0 Å². The Morgan fingerprint density at radius 3 is 2.83 bits per heavy atom. The van der Waals surface area contributed by atoms with Crippen LogP contribution in [0.4, 0.5) is 14.9 Å². The van der Waals surface area contributed by atoms with Crippen LogP contribution in [0, 0.1) is 17.1 Å². The zero-order valence-electron chi connectivity index (χ0n) is 15.8. The van der Waals surface area contributed by atoms with E-state index in [0.717, 1.165) is 17.3 Å². The number of benzene rings is 1. The molecule has 1 aliphatic rings. The third-order valence-corrected chi connectivity index (χ3v) is 5.26. The summed E-state index contributed by atoms with van der Waals surface area (Å²) < 4.78 is 13.5. The lowest BCUT2D eigenvalue weighted by molar-refractivity contribution is 0.171. The van der Waals surface area contributed by atoms with Crippen molar-refractivity contribution in [2.75, 3.05) is 5.32 Å². The van der Waals surface area contributed by atoms with E-state index < -0.39 is 5.82 Å². The van der Waals surface area contributed by atoms with E-state index in [9.17, 15) is 9.18 Å². The second-order valence-electron chi connectivity index (χ2n) is 6.93. The molecule has 0 fully saturated rings. The molecule has 4 rings (SSSR count). The van der Waals surface area contributed by atoms with E-state index in [1.807, 2.05) is 13.8 Å². The highest BCUT2D eigenvalue weighted by atomic mass is 19.1. The number of rotatable bonds is 2. The maximum absolute atomic E-state index is 13.5. The normalized spacial score (nSPS) is 18.1. The summed E-state index contributed by atoms with van der Waals surface area (Å²) in [6.07, 6.45) is 3.30. The zero-order valence-corrected chi connectivity index (χ0v) is 15.8. The monoisotopic (exact) mass is 391 g/mol. The van der Waals surface area contributed by atoms with Crippen LogP contribution in [-0.4, -0.2) is 37.1 Å². The van der Waals surface area contributed by atoms with Gasteiger partial charge in [-0.05, 0) is 31.2 Å². The molecule has 9 heteroatoms. The van der Waals surface area contributed by atoms with Crippen molar-refractivity contribution < 1.29 is 9.18 Å². The minimum atomic E-state index is -0.624. The Bertz CT molecular complexity index is 1110. The molecule has 3 heterocycles. The summed E-state index contributed by atoms with van der Waals surface area (Å²) in [7, 11) is 0. The Morgan fingerprint density at radius 2 is 2.10 bits per heavy atom. The van der Waals surface area contributed by atoms with Crippen LogP contribution < -0.4 is 5.32 Å². The van der Waals surface area contributed by atoms with Gasteiger partial charge in [0.2, 0.25) is 0 Å². The van der Waals surface area contributed by atoms with Crippen molar-refractivity contribution in [2.45, 2.75) is 32.4 Å². The maximum Gasteiger partial charge on any atom is 0.322 e. The summed E-state index contributed by atoms with van der Waals surface area (Å²) in [6.45, 7) is 4.28. The summed E-state index contributed by atoms with van der Waals surface area (Å²) >= 11 is 0. The molecule has 0 spiro atoms. The van der Waals surface area contributed by atoms with Gasteiger partial charge >= 0.3 is 6.03 Å². The number of nitrogens with one attached hydrogen (secondary N) is 2. The predicted molar refractivity (Wildman–Crippen MR) is 103 cm³/mol. The number of nitriles is 1. The van der Waals surface area contributed by atoms with Gasteiger partial charge < -0.3 is 10.2 Å². The maximum atomic E-state index is 13.5. The number of carbonyl (C=O) groups is 1. The fourth-order valence-electron chi connectivity index (χ4n) is 3.48. The largest absolute Gasteiger partial charge is 0.322 e. The van der Waals surface area contributed by atoms with E-state index in [2.05, 4.69) is 25.5 Å². The number of carbonyl (C=O) groups excluding carboxylic acids is 1. The molecule has 0 bridgehead atoms. The third kappa shape index (κ3) is 3.29. The molecule has 29 heavy (non-hydrogen) atoms. The number of hydrogen-bond donors (Lipinski definition) is 2. The molecule has 8 nitrogen and oxygen atoms in total. The van der Waals surface area contributed by atoms with Crippen LogP contribution in [0.5, 0.6) is 0 Å². The van der Waals surface area contributed by atoms with E-state index in [1.54, 1.807) is 29.4 Å². The predicted octanol–water partition coefficient (Wildman–Crippen LogP) is 3.42. The van der Waals surface area contributed by atoms with Crippen molar-refractivity contribution in [1.82, 2.24) is 25.1 Å². The number of halogens is 1. The van der Waals surface area contributed by atoms with Gasteiger partial charge in [0, 0.05) is 35.6 Å². The number of aromatic nitrogens is 4. The van der Waals surface area contributed by atoms with Crippen LogP contribution >= 0.6 is 0 Å². The first-order valence-corrected chi connectivity index (χ1v) is 9.11. The van der Waals surface area contributed by atoms with Gasteiger partial charge in [0.1, 0.15) is 17.6 Å². The van der Waals surface area contributed by atoms with E-state index in [-0.39, 0.29) is 23.6 Å². The van der Waals surface area contributed by atoms with Crippen molar-refractivity contribution in [1.29, 1.82) is 5.26 Å². The molecule has 2 aromatic heterocycles. The Morgan fingerprint density at radius 1 is 1.34 bits per heavy atom. The minimum absolute atomic E-state index is 0.0129. The zero-order chi connectivity index (χ0) is 20.5. The fourth-order valence-corrected chi connectivity index (χ4v) is 3.48. The molecule has 2 atom stereocenters. The molecule has 0 aliphatic carbocycles. The van der Waals surface area contributed by atoms with Gasteiger partial charge in [-0.15, -0.1) is 0 Å². The van der Waals surface area contributed by atoms with Gasteiger partial charge in [-0.2, -0.15) is 10.4 Å². The molecule has 2 amide bonds. The van der Waals surface area contributed by atoms with Crippen LogP contribution in [0.1, 0.15) is 36.6 Å². The van der Waals surface area contributed by atoms with Crippen LogP contribution in [0.3, 0.4) is 0 Å². The first-order chi connectivity index (χ1) is 14.0. The van der Waals surface area contributed by atoms with Crippen molar-refractivity contribution in [2.24, 2.45) is 0 Å². The Hall–Kier alpha value is -3.80. The number of nitrogens with zero attached hydrogens (tertiary/aromatic N) is 5. The molecular weight excluding hydrogens is 373 g/mol. The number of anilines is 1. The van der Waals surface area contributed by atoms with Gasteiger partial charge in [0.05, 0.1) is 17.8 Å². The highest BCUT2D eigenvalue weighted by Gasteiger charge is 2.36. The minimum Gasteiger partial charge on any atom is -0.317 e. The quantitative estimate of drug-likeness (QED) is 0.695. The second kappa shape index (κ2) is 7.31. The third-order valence-electron chi connectivity index (χ3n) is 5.26. The van der Waals surface area contributed by atoms with Crippen molar-refractivity contribution in [3.8, 4) is 17.6 Å². The lowest BCUT2D eigenvalue weighted by Gasteiger charge is -2.37. The number of urea groups is 1. The average molecular weight is 391 g/mol. The van der Waals surface area contributed by atoms with E-state index >= 15 is 0 Å². The van der Waals surface area contributed by atoms with Gasteiger partial charge in [0.15, 0.2) is 5.82 Å². The standard InChI is InChI=1S/C20H18FN7O/c1-11-12(2)28(20(29)25-14-4-5-16(21)13(8-14)9-22)10-15-17(11)26-27-18(15)19-23-6-3-7-24-19/h3-8,11-12H,10H2,1-2H3,(H,25,29)(H,26,27)/t11-,12-/m1/s1. The lowest BCUT2D eigenvalue weighted by atomic mass is 9.90. The molecule has 2 N–H and O–H groups in total. The SMILES string of the molecule is C[C@@H]1[C@@H](C)c2n[nH]c(-c3ncccn3)c2CN1C(=O)Nc1ccc(F)c(C#N)c1. The average Bonchev–Trinajstić information content (AvgIpc) is 3.16. The molecule has 0 radical (unpaired) electrons. The highest BCUT2D eigenvalue weighted by Crippen LogP contribution is 2.36. The fraction of sp³-hybridized carbons (Fsp3) is 0.250. The van der Waals surface area contributed by atoms with Crippen LogP contribution in [0.15, 0.2) is 36.7 Å². The number of fused-ring (bicyclic) bond motifs is 1. The van der Waals surface area contributed by atoms with Crippen molar-refractivity contribution >= 4 is 11.7 Å². The summed E-state index contributed by atoms with van der Waals surface area (Å²) in [5.74, 6) is -0.123. The molecule has 3 aromatic rings. The molecular formula is C20H18FN7O. The lowest BCUT2D eigenvalue weighted by Crippen LogP contribution is -2.46. The number of hydrogen-bond acceptors (Lipinski definition) is 5. The molecule has 146 valence electrons. The molecule has 0 unspecified atom stereocenters. The first kappa shape index (κ1) is 18.6. The van der Waals surface area contributed by atoms with Gasteiger partial charge in [-0.25, -0.2) is 19.2 Å². The smallest absolute Gasteiger partial charge is 0.317 e. The summed E-state index contributed by atoms with van der Waals surface area (Å²) in [5.41, 5.74) is 2.68. The number of aromatic amines is 1. The Labute approximate surface area is 166 Å². The van der Waals surface area contributed by atoms with E-state index in [1.165, 1.54) is 12.1 Å². The Balaban J connectivity index is 1.62. The molecule has 1 aliphatic heterocycles. The van der Waals surface area contributed by atoms with Crippen LogP contribution in [0.25, 0.3) is 11.5 Å². The van der Waals surface area contributed by atoms with Gasteiger partial charge in [-0.1, -0.05) is 6.92 Å². The number of amides is 2. The van der Waals surface area contributed by atoms with Crippen molar-refractivity contribution in [3.05, 3.63) is 59.3 Å². The van der Waals surface area contributed by atoms with E-state index in [0.29, 0.717) is 23.8 Å². The van der Waals surface area contributed by atoms with E-state index in [4.69, 9.17) is 5.26 Å². The molecule has 0 saturated carbocycles. The molecule has 0 saturated heterocycles. The summed E-state index contributed by atoms with van der Waals surface area (Å²) in [5, 5.41) is 19.2. The first-order valence-electron chi connectivity index (χ1n) is 9.11. The summed E-state index contributed by atoms with van der Waals surface area (Å²) in [4.78, 5) is 23.2. The highest BCUT2D eigenvalue weighted by molar-refractivity contribution is 5.90.